The molecule has 0 N–H and O–H groups in total. The zero-order chi connectivity index (χ0) is 12.0. The van der Waals surface area contributed by atoms with Gasteiger partial charge >= 0.3 is 5.97 Å². The molecule has 16 heavy (non-hydrogen) atoms. The number of likely N-dealkylation sites (tertiary alicyclic amines) is 1. The van der Waals surface area contributed by atoms with Crippen LogP contribution in [0.25, 0.3) is 0 Å². The number of Topliss-reactive ketones (excluding diaryl/α,β-unsaturated/α-hetero) is 1. The van der Waals surface area contributed by atoms with Crippen molar-refractivity contribution in [2.45, 2.75) is 33.1 Å². The van der Waals surface area contributed by atoms with Crippen LogP contribution < -0.4 is 0 Å². The number of carbonyl (C=O) groups excluding carboxylic acids is 2. The first-order valence-corrected chi connectivity index (χ1v) is 6.01. The van der Waals surface area contributed by atoms with Gasteiger partial charge in [-0.25, -0.2) is 0 Å². The van der Waals surface area contributed by atoms with Crippen molar-refractivity contribution in [3.05, 3.63) is 0 Å². The molecule has 1 aliphatic heterocycles. The smallest absolute Gasteiger partial charge is 0.306 e. The molecule has 0 aromatic carbocycles. The second kappa shape index (κ2) is 6.63. The van der Waals surface area contributed by atoms with E-state index in [1.54, 1.807) is 6.92 Å². The fourth-order valence-electron chi connectivity index (χ4n) is 1.97. The predicted molar refractivity (Wildman–Crippen MR) is 61.1 cm³/mol. The average Bonchev–Trinajstić information content (AvgIpc) is 2.61. The summed E-state index contributed by atoms with van der Waals surface area (Å²) in [5, 5.41) is 0. The number of hydrogen-bond acceptors (Lipinski definition) is 4. The standard InChI is InChI=1S/C12H21NO3/c1-3-16-12(15)5-4-11(14)9-13-7-6-10(2)8-13/h10H,3-9H2,1-2H3. The Bertz CT molecular complexity index is 253. The van der Waals surface area contributed by atoms with Crippen molar-refractivity contribution in [3.63, 3.8) is 0 Å². The highest BCUT2D eigenvalue weighted by atomic mass is 16.5. The van der Waals surface area contributed by atoms with Crippen LogP contribution in [0.2, 0.25) is 0 Å². The Labute approximate surface area is 96.9 Å². The van der Waals surface area contributed by atoms with Crippen molar-refractivity contribution >= 4 is 11.8 Å². The SMILES string of the molecule is CCOC(=O)CCC(=O)CN1CCC(C)C1. The molecule has 1 fully saturated rings. The second-order valence-corrected chi connectivity index (χ2v) is 4.47. The Morgan fingerprint density at radius 3 is 2.69 bits per heavy atom. The van der Waals surface area contributed by atoms with Crippen LogP contribution in [0, 0.1) is 5.92 Å². The second-order valence-electron chi connectivity index (χ2n) is 4.47. The van der Waals surface area contributed by atoms with Crippen molar-refractivity contribution in [2.75, 3.05) is 26.2 Å². The van der Waals surface area contributed by atoms with Crippen LogP contribution in [-0.4, -0.2) is 42.9 Å². The zero-order valence-corrected chi connectivity index (χ0v) is 10.2. The third kappa shape index (κ3) is 4.75. The van der Waals surface area contributed by atoms with E-state index in [-0.39, 0.29) is 18.2 Å². The summed E-state index contributed by atoms with van der Waals surface area (Å²) in [6, 6.07) is 0. The van der Waals surface area contributed by atoms with E-state index in [0.29, 0.717) is 25.5 Å². The largest absolute Gasteiger partial charge is 0.466 e. The molecule has 1 aliphatic rings. The molecule has 1 atom stereocenters. The quantitative estimate of drug-likeness (QED) is 0.640. The van der Waals surface area contributed by atoms with Gasteiger partial charge in [0.25, 0.3) is 0 Å². The molecule has 0 radical (unpaired) electrons. The molecular weight excluding hydrogens is 206 g/mol. The van der Waals surface area contributed by atoms with Crippen LogP contribution in [-0.2, 0) is 14.3 Å². The maximum atomic E-state index is 11.6. The minimum Gasteiger partial charge on any atom is -0.466 e. The molecule has 0 bridgehead atoms. The molecule has 0 amide bonds. The van der Waals surface area contributed by atoms with E-state index in [9.17, 15) is 9.59 Å². The molecule has 4 nitrogen and oxygen atoms in total. The fourth-order valence-corrected chi connectivity index (χ4v) is 1.97. The van der Waals surface area contributed by atoms with Crippen LogP contribution in [0.1, 0.15) is 33.1 Å². The number of ether oxygens (including phenoxy) is 1. The van der Waals surface area contributed by atoms with Crippen LogP contribution in [0.4, 0.5) is 0 Å². The Hall–Kier alpha value is -0.900. The molecule has 1 saturated heterocycles. The van der Waals surface area contributed by atoms with E-state index in [1.807, 2.05) is 0 Å². The van der Waals surface area contributed by atoms with Gasteiger partial charge < -0.3 is 4.74 Å². The lowest BCUT2D eigenvalue weighted by molar-refractivity contribution is -0.144. The van der Waals surface area contributed by atoms with E-state index in [2.05, 4.69) is 11.8 Å². The lowest BCUT2D eigenvalue weighted by Gasteiger charge is -2.13. The Kier molecular flexibility index (Phi) is 5.46. The maximum absolute atomic E-state index is 11.6. The topological polar surface area (TPSA) is 46.6 Å². The molecule has 92 valence electrons. The van der Waals surface area contributed by atoms with Gasteiger partial charge in [-0.3, -0.25) is 14.5 Å². The average molecular weight is 227 g/mol. The van der Waals surface area contributed by atoms with Crippen LogP contribution in [0.3, 0.4) is 0 Å². The normalized spacial score (nSPS) is 21.0. The highest BCUT2D eigenvalue weighted by molar-refractivity contribution is 5.84. The lowest BCUT2D eigenvalue weighted by Crippen LogP contribution is -2.27. The fraction of sp³-hybridized carbons (Fsp3) is 0.833. The number of esters is 1. The summed E-state index contributed by atoms with van der Waals surface area (Å²) in [7, 11) is 0. The van der Waals surface area contributed by atoms with Crippen molar-refractivity contribution in [3.8, 4) is 0 Å². The maximum Gasteiger partial charge on any atom is 0.306 e. The van der Waals surface area contributed by atoms with Crippen molar-refractivity contribution < 1.29 is 14.3 Å². The van der Waals surface area contributed by atoms with Gasteiger partial charge in [-0.2, -0.15) is 0 Å². The number of hydrogen-bond donors (Lipinski definition) is 0. The Morgan fingerprint density at radius 2 is 2.12 bits per heavy atom. The number of nitrogens with zero attached hydrogens (tertiary/aromatic N) is 1. The van der Waals surface area contributed by atoms with Gasteiger partial charge in [0.2, 0.25) is 0 Å². The predicted octanol–water partition coefficient (Wildman–Crippen LogP) is 1.24. The monoisotopic (exact) mass is 227 g/mol. The van der Waals surface area contributed by atoms with Crippen molar-refractivity contribution in [1.82, 2.24) is 4.90 Å². The lowest BCUT2D eigenvalue weighted by atomic mass is 10.2. The molecule has 0 saturated carbocycles. The van der Waals surface area contributed by atoms with Gasteiger partial charge in [-0.05, 0) is 25.8 Å². The summed E-state index contributed by atoms with van der Waals surface area (Å²) >= 11 is 0. The zero-order valence-electron chi connectivity index (χ0n) is 10.2. The van der Waals surface area contributed by atoms with Crippen LogP contribution >= 0.6 is 0 Å². The first-order valence-electron chi connectivity index (χ1n) is 6.01. The minimum atomic E-state index is -0.273. The van der Waals surface area contributed by atoms with Crippen molar-refractivity contribution in [1.29, 1.82) is 0 Å². The Morgan fingerprint density at radius 1 is 1.38 bits per heavy atom. The molecular formula is C12H21NO3. The highest BCUT2D eigenvalue weighted by Crippen LogP contribution is 2.14. The highest BCUT2D eigenvalue weighted by Gasteiger charge is 2.20. The number of ketones is 1. The van der Waals surface area contributed by atoms with E-state index < -0.39 is 0 Å². The van der Waals surface area contributed by atoms with Crippen LogP contribution in [0.5, 0.6) is 0 Å². The van der Waals surface area contributed by atoms with E-state index >= 15 is 0 Å². The molecule has 1 rings (SSSR count). The third-order valence-corrected chi connectivity index (χ3v) is 2.82. The molecule has 0 aliphatic carbocycles. The third-order valence-electron chi connectivity index (χ3n) is 2.82. The van der Waals surface area contributed by atoms with Gasteiger partial charge in [0, 0.05) is 13.0 Å². The van der Waals surface area contributed by atoms with Gasteiger partial charge in [0.1, 0.15) is 5.78 Å². The molecule has 4 heteroatoms. The summed E-state index contributed by atoms with van der Waals surface area (Å²) in [6.45, 7) is 6.85. The molecule has 1 unspecified atom stereocenters. The number of carbonyl (C=O) groups is 2. The summed E-state index contributed by atoms with van der Waals surface area (Å²) in [4.78, 5) is 24.8. The number of rotatable bonds is 6. The van der Waals surface area contributed by atoms with E-state index in [0.717, 1.165) is 13.1 Å². The van der Waals surface area contributed by atoms with Gasteiger partial charge in [-0.1, -0.05) is 6.92 Å². The summed E-state index contributed by atoms with van der Waals surface area (Å²) in [5.74, 6) is 0.561. The molecule has 0 aromatic rings. The van der Waals surface area contributed by atoms with Crippen molar-refractivity contribution in [2.24, 2.45) is 5.92 Å². The molecule has 1 heterocycles. The van der Waals surface area contributed by atoms with E-state index in [1.165, 1.54) is 6.42 Å². The molecule has 0 spiro atoms. The minimum absolute atomic E-state index is 0.141. The summed E-state index contributed by atoms with van der Waals surface area (Å²) in [6.07, 6.45) is 1.70. The Balaban J connectivity index is 2.13. The van der Waals surface area contributed by atoms with Gasteiger partial charge in [0.15, 0.2) is 0 Å². The molecule has 0 aromatic heterocycles. The van der Waals surface area contributed by atoms with E-state index in [4.69, 9.17) is 4.74 Å². The van der Waals surface area contributed by atoms with Gasteiger partial charge in [-0.15, -0.1) is 0 Å². The first kappa shape index (κ1) is 13.2. The van der Waals surface area contributed by atoms with Gasteiger partial charge in [0.05, 0.1) is 19.6 Å². The van der Waals surface area contributed by atoms with Crippen LogP contribution in [0.15, 0.2) is 0 Å². The summed E-state index contributed by atoms with van der Waals surface area (Å²) < 4.78 is 4.77. The first-order chi connectivity index (χ1) is 7.61. The summed E-state index contributed by atoms with van der Waals surface area (Å²) in [5.41, 5.74) is 0.